The van der Waals surface area contributed by atoms with Crippen LogP contribution in [0, 0.1) is 12.3 Å². The Balaban J connectivity index is 2.56. The third-order valence-electron chi connectivity index (χ3n) is 3.97. The van der Waals surface area contributed by atoms with Gasteiger partial charge >= 0.3 is 0 Å². The molecule has 0 heterocycles. The van der Waals surface area contributed by atoms with Gasteiger partial charge in [0.05, 0.1) is 5.41 Å². The third kappa shape index (κ3) is 1.69. The molecule has 1 N–H and O–H groups in total. The number of aliphatic hydroxyl groups is 1. The van der Waals surface area contributed by atoms with Gasteiger partial charge in [0.2, 0.25) is 0 Å². The lowest BCUT2D eigenvalue weighted by Gasteiger charge is -2.46. The first-order chi connectivity index (χ1) is 8.18. The summed E-state index contributed by atoms with van der Waals surface area (Å²) in [5.74, 6) is 2.60. The van der Waals surface area contributed by atoms with Crippen molar-refractivity contribution in [2.45, 2.75) is 36.7 Å². The van der Waals surface area contributed by atoms with E-state index < -0.39 is 11.0 Å². The van der Waals surface area contributed by atoms with Crippen molar-refractivity contribution in [3.63, 3.8) is 0 Å². The van der Waals surface area contributed by atoms with Gasteiger partial charge in [0, 0.05) is 0 Å². The predicted octanol–water partition coefficient (Wildman–Crippen LogP) is 3.05. The summed E-state index contributed by atoms with van der Waals surface area (Å²) in [6.07, 6.45) is 11.0. The van der Waals surface area contributed by atoms with Gasteiger partial charge in [-0.1, -0.05) is 48.7 Å². The van der Waals surface area contributed by atoms with E-state index in [1.807, 2.05) is 36.4 Å². The molecule has 2 rings (SSSR count). The molecule has 0 aliphatic heterocycles. The lowest BCUT2D eigenvalue weighted by Crippen LogP contribution is -2.51. The Bertz CT molecular complexity index is 442. The molecular weight excluding hydrogens is 208 g/mol. The second-order valence-electron chi connectivity index (χ2n) is 4.75. The van der Waals surface area contributed by atoms with E-state index in [9.17, 15) is 5.11 Å². The normalized spacial score (nSPS) is 32.7. The van der Waals surface area contributed by atoms with Crippen LogP contribution in [-0.4, -0.2) is 10.7 Å². The second kappa shape index (κ2) is 4.39. The van der Waals surface area contributed by atoms with Gasteiger partial charge in [0.25, 0.3) is 0 Å². The van der Waals surface area contributed by atoms with Gasteiger partial charge in [0.1, 0.15) is 5.60 Å². The first kappa shape index (κ1) is 12.0. The van der Waals surface area contributed by atoms with Gasteiger partial charge in [-0.3, -0.25) is 0 Å². The summed E-state index contributed by atoms with van der Waals surface area (Å²) in [5.41, 5.74) is -0.537. The van der Waals surface area contributed by atoms with Crippen LogP contribution in [0.5, 0.6) is 0 Å². The Morgan fingerprint density at radius 2 is 1.88 bits per heavy atom. The van der Waals surface area contributed by atoms with Gasteiger partial charge in [-0.2, -0.15) is 0 Å². The van der Waals surface area contributed by atoms with Gasteiger partial charge in [0.15, 0.2) is 0 Å². The Morgan fingerprint density at radius 3 is 2.47 bits per heavy atom. The van der Waals surface area contributed by atoms with Crippen molar-refractivity contribution in [2.24, 2.45) is 0 Å². The van der Waals surface area contributed by atoms with Crippen molar-refractivity contribution in [2.75, 3.05) is 0 Å². The van der Waals surface area contributed by atoms with Crippen LogP contribution < -0.4 is 0 Å². The van der Waals surface area contributed by atoms with E-state index >= 15 is 0 Å². The molecule has 0 radical (unpaired) electrons. The summed E-state index contributed by atoms with van der Waals surface area (Å²) in [7, 11) is 0. The van der Waals surface area contributed by atoms with Crippen molar-refractivity contribution in [3.05, 3.63) is 48.6 Å². The molecular formula is C16H18O. The molecule has 1 nitrogen and oxygen atoms in total. The Labute approximate surface area is 103 Å². The lowest BCUT2D eigenvalue weighted by atomic mass is 9.60. The number of hydrogen-bond acceptors (Lipinski definition) is 1. The quantitative estimate of drug-likeness (QED) is 0.607. The molecule has 0 bridgehead atoms. The highest BCUT2D eigenvalue weighted by Crippen LogP contribution is 2.47. The second-order valence-corrected chi connectivity index (χ2v) is 4.75. The molecule has 0 aromatic heterocycles. The minimum absolute atomic E-state index is 0.499. The van der Waals surface area contributed by atoms with E-state index in [-0.39, 0.29) is 0 Å². The number of benzene rings is 1. The minimum Gasteiger partial charge on any atom is -0.376 e. The fourth-order valence-corrected chi connectivity index (χ4v) is 2.92. The summed E-state index contributed by atoms with van der Waals surface area (Å²) in [4.78, 5) is 0. The Kier molecular flexibility index (Phi) is 3.09. The maximum atomic E-state index is 10.7. The summed E-state index contributed by atoms with van der Waals surface area (Å²) < 4.78 is 0. The first-order valence-corrected chi connectivity index (χ1v) is 6.08. The number of terminal acetylenes is 1. The maximum absolute atomic E-state index is 10.7. The average molecular weight is 226 g/mol. The lowest BCUT2D eigenvalue weighted by molar-refractivity contribution is 0.00250. The maximum Gasteiger partial charge on any atom is 0.138 e. The summed E-state index contributed by atoms with van der Waals surface area (Å²) in [6.45, 7) is 3.92. The van der Waals surface area contributed by atoms with Crippen LogP contribution in [-0.2, 0) is 5.41 Å². The molecule has 2 unspecified atom stereocenters. The summed E-state index contributed by atoms with van der Waals surface area (Å²) in [5, 5.41) is 10.7. The topological polar surface area (TPSA) is 20.2 Å². The van der Waals surface area contributed by atoms with Crippen LogP contribution in [0.4, 0.5) is 0 Å². The van der Waals surface area contributed by atoms with E-state index in [1.54, 1.807) is 0 Å². The summed E-state index contributed by atoms with van der Waals surface area (Å²) >= 11 is 0. The smallest absolute Gasteiger partial charge is 0.138 e. The van der Waals surface area contributed by atoms with Crippen LogP contribution in [0.15, 0.2) is 43.0 Å². The van der Waals surface area contributed by atoms with Crippen molar-refractivity contribution < 1.29 is 5.11 Å². The number of hydrogen-bond donors (Lipinski definition) is 1. The minimum atomic E-state index is -1.10. The molecule has 2 atom stereocenters. The fraction of sp³-hybridized carbons (Fsp3) is 0.375. The molecule has 1 aliphatic rings. The van der Waals surface area contributed by atoms with Crippen molar-refractivity contribution in [3.8, 4) is 12.3 Å². The molecule has 1 aliphatic carbocycles. The van der Waals surface area contributed by atoms with Gasteiger partial charge < -0.3 is 5.11 Å². The van der Waals surface area contributed by atoms with Crippen LogP contribution in [0.25, 0.3) is 0 Å². The van der Waals surface area contributed by atoms with E-state index in [1.165, 1.54) is 0 Å². The zero-order valence-corrected chi connectivity index (χ0v) is 10.0. The molecule has 0 spiro atoms. The van der Waals surface area contributed by atoms with E-state index in [2.05, 4.69) is 12.5 Å². The highest BCUT2D eigenvalue weighted by molar-refractivity contribution is 5.40. The molecule has 0 amide bonds. The van der Waals surface area contributed by atoms with Crippen LogP contribution >= 0.6 is 0 Å². The highest BCUT2D eigenvalue weighted by Gasteiger charge is 2.49. The van der Waals surface area contributed by atoms with Crippen molar-refractivity contribution >= 4 is 0 Å². The van der Waals surface area contributed by atoms with Crippen LogP contribution in [0.1, 0.15) is 31.2 Å². The standard InChI is InChI=1S/C16H18O/c1-3-15(14-10-6-5-7-11-14)12-8-9-13-16(15,17)4-2/h2-3,5-7,10-11,17H,1,8-9,12-13H2. The molecule has 1 heteroatoms. The zero-order valence-electron chi connectivity index (χ0n) is 10.0. The summed E-state index contributed by atoms with van der Waals surface area (Å²) in [6, 6.07) is 9.97. The monoisotopic (exact) mass is 226 g/mol. The van der Waals surface area contributed by atoms with Crippen molar-refractivity contribution in [1.29, 1.82) is 0 Å². The van der Waals surface area contributed by atoms with E-state index in [4.69, 9.17) is 6.42 Å². The SMILES string of the molecule is C#CC1(O)CCCCC1(C=C)c1ccccc1. The Morgan fingerprint density at radius 1 is 1.24 bits per heavy atom. The number of rotatable bonds is 2. The fourth-order valence-electron chi connectivity index (χ4n) is 2.92. The first-order valence-electron chi connectivity index (χ1n) is 6.08. The molecule has 1 aromatic rings. The zero-order chi connectivity index (χ0) is 12.4. The van der Waals surface area contributed by atoms with Crippen LogP contribution in [0.2, 0.25) is 0 Å². The molecule has 1 fully saturated rings. The van der Waals surface area contributed by atoms with Crippen molar-refractivity contribution in [1.82, 2.24) is 0 Å². The molecule has 1 aromatic carbocycles. The largest absolute Gasteiger partial charge is 0.376 e. The molecule has 88 valence electrons. The highest BCUT2D eigenvalue weighted by atomic mass is 16.3. The molecule has 17 heavy (non-hydrogen) atoms. The van der Waals surface area contributed by atoms with Gasteiger partial charge in [-0.15, -0.1) is 13.0 Å². The van der Waals surface area contributed by atoms with Gasteiger partial charge in [-0.25, -0.2) is 0 Å². The van der Waals surface area contributed by atoms with E-state index in [0.717, 1.165) is 24.8 Å². The predicted molar refractivity (Wildman–Crippen MR) is 70.6 cm³/mol. The van der Waals surface area contributed by atoms with E-state index in [0.29, 0.717) is 6.42 Å². The Hall–Kier alpha value is -1.52. The molecule has 1 saturated carbocycles. The third-order valence-corrected chi connectivity index (χ3v) is 3.97. The average Bonchev–Trinajstić information content (AvgIpc) is 2.40. The molecule has 0 saturated heterocycles. The van der Waals surface area contributed by atoms with Gasteiger partial charge in [-0.05, 0) is 24.8 Å². The van der Waals surface area contributed by atoms with Crippen LogP contribution in [0.3, 0.4) is 0 Å².